The van der Waals surface area contributed by atoms with Crippen molar-refractivity contribution in [3.8, 4) is 5.75 Å². The Kier molecular flexibility index (Phi) is 6.15. The number of aromatic nitrogens is 1. The molecule has 0 spiro atoms. The summed E-state index contributed by atoms with van der Waals surface area (Å²) in [7, 11) is 0. The first-order valence-corrected chi connectivity index (χ1v) is 11.3. The molecule has 1 aliphatic rings. The largest absolute Gasteiger partial charge is 0.426 e. The summed E-state index contributed by atoms with van der Waals surface area (Å²) in [6.07, 6.45) is 1.43. The van der Waals surface area contributed by atoms with Crippen LogP contribution in [-0.2, 0) is 11.3 Å². The summed E-state index contributed by atoms with van der Waals surface area (Å²) >= 11 is 0. The molecule has 0 saturated carbocycles. The van der Waals surface area contributed by atoms with Gasteiger partial charge in [0.25, 0.3) is 11.8 Å². The van der Waals surface area contributed by atoms with E-state index in [4.69, 9.17) is 4.74 Å². The zero-order valence-corrected chi connectivity index (χ0v) is 19.4. The first-order valence-electron chi connectivity index (χ1n) is 11.3. The van der Waals surface area contributed by atoms with Gasteiger partial charge in [-0.1, -0.05) is 42.5 Å². The molecule has 8 heteroatoms. The number of fused-ring (bicyclic) bond motifs is 2. The monoisotopic (exact) mass is 478 g/mol. The number of hydrogen-bond acceptors (Lipinski definition) is 6. The van der Waals surface area contributed by atoms with Gasteiger partial charge in [-0.25, -0.2) is 4.98 Å². The lowest BCUT2D eigenvalue weighted by Crippen LogP contribution is -2.30. The molecule has 0 fully saturated rings. The zero-order chi connectivity index (χ0) is 25.1. The van der Waals surface area contributed by atoms with Gasteiger partial charge in [-0.3, -0.25) is 14.4 Å². The normalized spacial score (nSPS) is 11.9. The summed E-state index contributed by atoms with van der Waals surface area (Å²) < 4.78 is 5.11. The Morgan fingerprint density at radius 3 is 2.39 bits per heavy atom. The quantitative estimate of drug-likeness (QED) is 0.310. The third-order valence-electron chi connectivity index (χ3n) is 5.69. The van der Waals surface area contributed by atoms with Crippen molar-refractivity contribution in [3.05, 3.63) is 108 Å². The standard InChI is InChI=1S/C28H22N4O4/c1-18(33)36-25-13-7-3-9-21(25)27(34)31-26-15-14-19(16-29-26)28(35)32-17-20-8-2-4-10-22(20)30-23-11-5-6-12-24(23)32/h2-16,30H,17H2,1H3,(H,29,31,34). The summed E-state index contributed by atoms with van der Waals surface area (Å²) in [6.45, 7) is 1.66. The lowest BCUT2D eigenvalue weighted by Gasteiger charge is -2.22. The number of benzene rings is 3. The molecule has 0 unspecified atom stereocenters. The highest BCUT2D eigenvalue weighted by atomic mass is 16.5. The summed E-state index contributed by atoms with van der Waals surface area (Å²) in [5, 5.41) is 6.09. The van der Waals surface area contributed by atoms with E-state index in [2.05, 4.69) is 15.6 Å². The second-order valence-corrected chi connectivity index (χ2v) is 8.17. The highest BCUT2D eigenvalue weighted by molar-refractivity contribution is 6.09. The number of para-hydroxylation sites is 4. The number of amides is 2. The average molecular weight is 479 g/mol. The van der Waals surface area contributed by atoms with Crippen molar-refractivity contribution in [1.29, 1.82) is 0 Å². The van der Waals surface area contributed by atoms with Crippen LogP contribution < -0.4 is 20.3 Å². The van der Waals surface area contributed by atoms with E-state index in [9.17, 15) is 14.4 Å². The van der Waals surface area contributed by atoms with Gasteiger partial charge in [0.15, 0.2) is 0 Å². The van der Waals surface area contributed by atoms with Crippen LogP contribution in [0.1, 0.15) is 33.2 Å². The van der Waals surface area contributed by atoms with Crippen molar-refractivity contribution in [2.75, 3.05) is 15.5 Å². The van der Waals surface area contributed by atoms with Crippen LogP contribution in [0.5, 0.6) is 5.75 Å². The van der Waals surface area contributed by atoms with Crippen LogP contribution in [0.2, 0.25) is 0 Å². The van der Waals surface area contributed by atoms with E-state index in [1.807, 2.05) is 48.5 Å². The molecule has 36 heavy (non-hydrogen) atoms. The minimum Gasteiger partial charge on any atom is -0.426 e. The molecule has 1 aromatic heterocycles. The fourth-order valence-corrected chi connectivity index (χ4v) is 4.01. The third kappa shape index (κ3) is 4.65. The maximum Gasteiger partial charge on any atom is 0.308 e. The van der Waals surface area contributed by atoms with Gasteiger partial charge in [-0.15, -0.1) is 0 Å². The molecule has 0 bridgehead atoms. The number of carbonyl (C=O) groups excluding carboxylic acids is 3. The SMILES string of the molecule is CC(=O)Oc1ccccc1C(=O)Nc1ccc(C(=O)N2Cc3ccccc3Nc3ccccc32)cn1. The second-order valence-electron chi connectivity index (χ2n) is 8.17. The Morgan fingerprint density at radius 2 is 1.61 bits per heavy atom. The molecule has 0 aliphatic carbocycles. The van der Waals surface area contributed by atoms with E-state index in [-0.39, 0.29) is 23.0 Å². The number of hydrogen-bond donors (Lipinski definition) is 2. The van der Waals surface area contributed by atoms with Crippen molar-refractivity contribution in [1.82, 2.24) is 4.98 Å². The van der Waals surface area contributed by atoms with Gasteiger partial charge in [0, 0.05) is 18.8 Å². The Morgan fingerprint density at radius 1 is 0.889 bits per heavy atom. The number of carbonyl (C=O) groups is 3. The van der Waals surface area contributed by atoms with Gasteiger partial charge in [0.1, 0.15) is 11.6 Å². The van der Waals surface area contributed by atoms with Crippen molar-refractivity contribution in [2.45, 2.75) is 13.5 Å². The van der Waals surface area contributed by atoms with Gasteiger partial charge >= 0.3 is 5.97 Å². The number of anilines is 4. The topological polar surface area (TPSA) is 101 Å². The molecule has 5 rings (SSSR count). The van der Waals surface area contributed by atoms with Crippen LogP contribution in [-0.4, -0.2) is 22.8 Å². The smallest absolute Gasteiger partial charge is 0.308 e. The molecular formula is C28H22N4O4. The lowest BCUT2D eigenvalue weighted by atomic mass is 10.1. The number of esters is 1. The van der Waals surface area contributed by atoms with Crippen LogP contribution >= 0.6 is 0 Å². The first kappa shape index (κ1) is 22.8. The molecule has 2 N–H and O–H groups in total. The zero-order valence-electron chi connectivity index (χ0n) is 19.4. The molecule has 2 amide bonds. The summed E-state index contributed by atoms with van der Waals surface area (Å²) in [6, 6.07) is 25.1. The van der Waals surface area contributed by atoms with E-state index < -0.39 is 11.9 Å². The molecule has 0 atom stereocenters. The molecular weight excluding hydrogens is 456 g/mol. The predicted molar refractivity (Wildman–Crippen MR) is 137 cm³/mol. The van der Waals surface area contributed by atoms with E-state index in [1.54, 1.807) is 35.2 Å². The molecule has 178 valence electrons. The van der Waals surface area contributed by atoms with Gasteiger partial charge < -0.3 is 20.3 Å². The summed E-state index contributed by atoms with van der Waals surface area (Å²) in [5.74, 6) is -0.807. The molecule has 2 heterocycles. The fraction of sp³-hybridized carbons (Fsp3) is 0.0714. The van der Waals surface area contributed by atoms with Crippen molar-refractivity contribution in [3.63, 3.8) is 0 Å². The molecule has 4 aromatic rings. The van der Waals surface area contributed by atoms with Crippen LogP contribution in [0.4, 0.5) is 22.9 Å². The predicted octanol–water partition coefficient (Wildman–Crippen LogP) is 5.16. The summed E-state index contributed by atoms with van der Waals surface area (Å²) in [5.41, 5.74) is 4.11. The average Bonchev–Trinajstić information content (AvgIpc) is 3.05. The molecule has 8 nitrogen and oxygen atoms in total. The Labute approximate surface area is 207 Å². The van der Waals surface area contributed by atoms with Crippen molar-refractivity contribution in [2.24, 2.45) is 0 Å². The minimum absolute atomic E-state index is 0.156. The molecule has 0 saturated heterocycles. The highest BCUT2D eigenvalue weighted by Gasteiger charge is 2.25. The lowest BCUT2D eigenvalue weighted by molar-refractivity contribution is -0.131. The first-order chi connectivity index (χ1) is 17.5. The number of ether oxygens (including phenoxy) is 1. The highest BCUT2D eigenvalue weighted by Crippen LogP contribution is 2.36. The molecule has 0 radical (unpaired) electrons. The van der Waals surface area contributed by atoms with Crippen molar-refractivity contribution >= 4 is 40.7 Å². The van der Waals surface area contributed by atoms with Gasteiger partial charge in [0.05, 0.1) is 29.0 Å². The molecule has 3 aromatic carbocycles. The summed E-state index contributed by atoms with van der Waals surface area (Å²) in [4.78, 5) is 43.6. The third-order valence-corrected chi connectivity index (χ3v) is 5.69. The minimum atomic E-state index is -0.524. The maximum atomic E-state index is 13.5. The van der Waals surface area contributed by atoms with Gasteiger partial charge in [-0.2, -0.15) is 0 Å². The fourth-order valence-electron chi connectivity index (χ4n) is 4.01. The number of nitrogens with zero attached hydrogens (tertiary/aromatic N) is 2. The number of pyridine rings is 1. The Bertz CT molecular complexity index is 1470. The van der Waals surface area contributed by atoms with Crippen molar-refractivity contribution < 1.29 is 19.1 Å². The second kappa shape index (κ2) is 9.71. The van der Waals surface area contributed by atoms with E-state index >= 15 is 0 Å². The van der Waals surface area contributed by atoms with E-state index in [1.165, 1.54) is 19.2 Å². The van der Waals surface area contributed by atoms with Gasteiger partial charge in [-0.05, 0) is 48.0 Å². The maximum absolute atomic E-state index is 13.5. The number of nitrogens with one attached hydrogen (secondary N) is 2. The van der Waals surface area contributed by atoms with Crippen LogP contribution in [0.25, 0.3) is 0 Å². The van der Waals surface area contributed by atoms with Crippen LogP contribution in [0.15, 0.2) is 91.1 Å². The molecule has 1 aliphatic heterocycles. The van der Waals surface area contributed by atoms with Crippen LogP contribution in [0.3, 0.4) is 0 Å². The Balaban J connectivity index is 1.37. The van der Waals surface area contributed by atoms with E-state index in [0.29, 0.717) is 12.1 Å². The van der Waals surface area contributed by atoms with Crippen LogP contribution in [0, 0.1) is 0 Å². The Hall–Kier alpha value is -4.98. The number of rotatable bonds is 4. The van der Waals surface area contributed by atoms with E-state index in [0.717, 1.165) is 22.6 Å². The van der Waals surface area contributed by atoms with Gasteiger partial charge in [0.2, 0.25) is 0 Å².